The minimum absolute atomic E-state index is 0.00414. The number of carbonyl (C=O) groups excluding carboxylic acids is 1. The molecule has 0 atom stereocenters. The van der Waals surface area contributed by atoms with Gasteiger partial charge in [0.2, 0.25) is 0 Å². The number of thiophene rings is 1. The molecule has 0 bridgehead atoms. The maximum absolute atomic E-state index is 12.9. The zero-order valence-corrected chi connectivity index (χ0v) is 16.7. The zero-order chi connectivity index (χ0) is 19.8. The van der Waals surface area contributed by atoms with Crippen LogP contribution in [0.3, 0.4) is 0 Å². The van der Waals surface area contributed by atoms with Crippen molar-refractivity contribution in [1.82, 2.24) is 4.90 Å². The van der Waals surface area contributed by atoms with Crippen molar-refractivity contribution in [2.75, 3.05) is 31.1 Å². The van der Waals surface area contributed by atoms with Gasteiger partial charge in [0, 0.05) is 54.1 Å². The molecule has 1 aliphatic heterocycles. The van der Waals surface area contributed by atoms with Gasteiger partial charge >= 0.3 is 0 Å². The van der Waals surface area contributed by atoms with Crippen LogP contribution in [-0.4, -0.2) is 41.9 Å². The average molecular weight is 395 g/mol. The van der Waals surface area contributed by atoms with E-state index in [-0.39, 0.29) is 11.6 Å². The molecule has 1 aliphatic rings. The zero-order valence-electron chi connectivity index (χ0n) is 15.8. The Labute approximate surface area is 167 Å². The number of nitro benzene ring substituents is 1. The highest BCUT2D eigenvalue weighted by Crippen LogP contribution is 2.30. The predicted molar refractivity (Wildman–Crippen MR) is 113 cm³/mol. The van der Waals surface area contributed by atoms with Crippen LogP contribution in [0.1, 0.15) is 20.8 Å². The first-order valence-electron chi connectivity index (χ1n) is 9.22. The molecule has 2 aromatic carbocycles. The summed E-state index contributed by atoms with van der Waals surface area (Å²) in [4.78, 5) is 28.3. The van der Waals surface area contributed by atoms with Crippen LogP contribution in [-0.2, 0) is 0 Å². The third kappa shape index (κ3) is 3.33. The lowest BCUT2D eigenvalue weighted by Crippen LogP contribution is -2.48. The van der Waals surface area contributed by atoms with Gasteiger partial charge in [-0.15, -0.1) is 11.3 Å². The first-order valence-corrected chi connectivity index (χ1v) is 10.0. The van der Waals surface area contributed by atoms with Gasteiger partial charge in [0.25, 0.3) is 11.6 Å². The average Bonchev–Trinajstić information content (AvgIpc) is 3.13. The van der Waals surface area contributed by atoms with Gasteiger partial charge in [0.15, 0.2) is 0 Å². The Hall–Kier alpha value is -2.93. The molecular formula is C21H21N3O3S. The van der Waals surface area contributed by atoms with Crippen LogP contribution in [0, 0.1) is 24.0 Å². The number of rotatable bonds is 3. The van der Waals surface area contributed by atoms with Crippen LogP contribution in [0.15, 0.2) is 42.5 Å². The molecule has 0 spiro atoms. The minimum atomic E-state index is -0.412. The van der Waals surface area contributed by atoms with Gasteiger partial charge in [0.05, 0.1) is 9.80 Å². The van der Waals surface area contributed by atoms with E-state index in [9.17, 15) is 14.9 Å². The number of nitro groups is 1. The van der Waals surface area contributed by atoms with Crippen LogP contribution in [0.2, 0.25) is 0 Å². The van der Waals surface area contributed by atoms with Crippen LogP contribution >= 0.6 is 11.3 Å². The normalized spacial score (nSPS) is 14.5. The monoisotopic (exact) mass is 395 g/mol. The standard InChI is InChI=1S/C21H21N3O3S/c1-14-4-3-5-18(15(14)2)22-8-10-23(11-9-22)21(25)20-13-16-12-17(24(26)27)6-7-19(16)28-20/h3-7,12-13H,8-11H2,1-2H3. The van der Waals surface area contributed by atoms with Crippen LogP contribution < -0.4 is 4.90 Å². The third-order valence-corrected chi connectivity index (χ3v) is 6.51. The van der Waals surface area contributed by atoms with Crippen molar-refractivity contribution in [1.29, 1.82) is 0 Å². The number of hydrogen-bond acceptors (Lipinski definition) is 5. The minimum Gasteiger partial charge on any atom is -0.368 e. The Morgan fingerprint density at radius 3 is 2.54 bits per heavy atom. The summed E-state index contributed by atoms with van der Waals surface area (Å²) in [5.74, 6) is 0.00414. The van der Waals surface area contributed by atoms with E-state index in [0.29, 0.717) is 18.0 Å². The number of hydrogen-bond donors (Lipinski definition) is 0. The smallest absolute Gasteiger partial charge is 0.270 e. The number of benzene rings is 2. The quantitative estimate of drug-likeness (QED) is 0.487. The lowest BCUT2D eigenvalue weighted by atomic mass is 10.1. The van der Waals surface area contributed by atoms with E-state index in [1.54, 1.807) is 12.1 Å². The van der Waals surface area contributed by atoms with E-state index in [1.165, 1.54) is 40.3 Å². The third-order valence-electron chi connectivity index (χ3n) is 5.41. The lowest BCUT2D eigenvalue weighted by molar-refractivity contribution is -0.384. The second-order valence-corrected chi connectivity index (χ2v) is 8.17. The molecule has 1 fully saturated rings. The highest BCUT2D eigenvalue weighted by atomic mass is 32.1. The maximum atomic E-state index is 12.9. The second-order valence-electron chi connectivity index (χ2n) is 7.09. The number of carbonyl (C=O) groups is 1. The van der Waals surface area contributed by atoms with E-state index < -0.39 is 4.92 Å². The molecule has 0 saturated carbocycles. The molecule has 28 heavy (non-hydrogen) atoms. The maximum Gasteiger partial charge on any atom is 0.270 e. The van der Waals surface area contributed by atoms with Gasteiger partial charge in [-0.3, -0.25) is 14.9 Å². The summed E-state index contributed by atoms with van der Waals surface area (Å²) in [5.41, 5.74) is 3.84. The van der Waals surface area contributed by atoms with E-state index in [0.717, 1.165) is 23.2 Å². The number of piperazine rings is 1. The van der Waals surface area contributed by atoms with Gasteiger partial charge < -0.3 is 9.80 Å². The fourth-order valence-corrected chi connectivity index (χ4v) is 4.65. The summed E-state index contributed by atoms with van der Waals surface area (Å²) in [5, 5.41) is 11.7. The van der Waals surface area contributed by atoms with E-state index in [2.05, 4.69) is 36.9 Å². The van der Waals surface area contributed by atoms with Crippen molar-refractivity contribution in [3.05, 3.63) is 68.6 Å². The molecule has 0 radical (unpaired) electrons. The van der Waals surface area contributed by atoms with E-state index >= 15 is 0 Å². The van der Waals surface area contributed by atoms with Crippen molar-refractivity contribution >= 4 is 38.7 Å². The molecule has 7 heteroatoms. The molecule has 2 heterocycles. The predicted octanol–water partition coefficient (Wildman–Crippen LogP) is 4.39. The lowest BCUT2D eigenvalue weighted by Gasteiger charge is -2.36. The van der Waals surface area contributed by atoms with Crippen molar-refractivity contribution in [3.63, 3.8) is 0 Å². The van der Waals surface area contributed by atoms with Gasteiger partial charge in [-0.1, -0.05) is 12.1 Å². The molecule has 0 unspecified atom stereocenters. The summed E-state index contributed by atoms with van der Waals surface area (Å²) in [7, 11) is 0. The molecule has 144 valence electrons. The summed E-state index contributed by atoms with van der Waals surface area (Å²) in [6.45, 7) is 7.18. The highest BCUT2D eigenvalue weighted by Gasteiger charge is 2.24. The summed E-state index contributed by atoms with van der Waals surface area (Å²) in [6.07, 6.45) is 0. The molecule has 6 nitrogen and oxygen atoms in total. The summed E-state index contributed by atoms with van der Waals surface area (Å²) in [6, 6.07) is 12.8. The molecule has 1 saturated heterocycles. The molecule has 0 aliphatic carbocycles. The van der Waals surface area contributed by atoms with Crippen LogP contribution in [0.5, 0.6) is 0 Å². The molecular weight excluding hydrogens is 374 g/mol. The first-order chi connectivity index (χ1) is 13.4. The number of aryl methyl sites for hydroxylation is 1. The van der Waals surface area contributed by atoms with Gasteiger partial charge in [-0.25, -0.2) is 0 Å². The van der Waals surface area contributed by atoms with Crippen LogP contribution in [0.4, 0.5) is 11.4 Å². The van der Waals surface area contributed by atoms with E-state index in [4.69, 9.17) is 0 Å². The fourth-order valence-electron chi connectivity index (χ4n) is 3.63. The molecule has 1 aromatic heterocycles. The van der Waals surface area contributed by atoms with Crippen molar-refractivity contribution in [2.45, 2.75) is 13.8 Å². The number of anilines is 1. The van der Waals surface area contributed by atoms with Crippen molar-refractivity contribution in [2.24, 2.45) is 0 Å². The molecule has 4 rings (SSSR count). The highest BCUT2D eigenvalue weighted by molar-refractivity contribution is 7.20. The van der Waals surface area contributed by atoms with Crippen molar-refractivity contribution < 1.29 is 9.72 Å². The number of non-ortho nitro benzene ring substituents is 1. The van der Waals surface area contributed by atoms with Gasteiger partial charge in [-0.05, 0) is 43.2 Å². The largest absolute Gasteiger partial charge is 0.368 e. The number of fused-ring (bicyclic) bond motifs is 1. The van der Waals surface area contributed by atoms with E-state index in [1.807, 2.05) is 4.90 Å². The summed E-state index contributed by atoms with van der Waals surface area (Å²) >= 11 is 1.39. The Bertz CT molecular complexity index is 1070. The first kappa shape index (κ1) is 18.4. The Balaban J connectivity index is 1.49. The topological polar surface area (TPSA) is 66.7 Å². The SMILES string of the molecule is Cc1cccc(N2CCN(C(=O)c3cc4cc([N+](=O)[O-])ccc4s3)CC2)c1C. The Morgan fingerprint density at radius 2 is 1.82 bits per heavy atom. The second kappa shape index (κ2) is 7.24. The Kier molecular flexibility index (Phi) is 4.77. The molecule has 1 amide bonds. The fraction of sp³-hybridized carbons (Fsp3) is 0.286. The van der Waals surface area contributed by atoms with Crippen LogP contribution in [0.25, 0.3) is 10.1 Å². The van der Waals surface area contributed by atoms with Gasteiger partial charge in [0.1, 0.15) is 0 Å². The van der Waals surface area contributed by atoms with Crippen molar-refractivity contribution in [3.8, 4) is 0 Å². The summed E-state index contributed by atoms with van der Waals surface area (Å²) < 4.78 is 0.892. The molecule has 0 N–H and O–H groups in total. The Morgan fingerprint density at radius 1 is 1.07 bits per heavy atom. The molecule has 3 aromatic rings. The number of nitrogens with zero attached hydrogens (tertiary/aromatic N) is 3. The van der Waals surface area contributed by atoms with Gasteiger partial charge in [-0.2, -0.15) is 0 Å². The number of amides is 1.